The number of carbonyl (C=O) groups is 2. The van der Waals surface area contributed by atoms with Crippen LogP contribution in [0.3, 0.4) is 0 Å². The van der Waals surface area contributed by atoms with Crippen molar-refractivity contribution in [3.8, 4) is 0 Å². The Morgan fingerprint density at radius 1 is 0.757 bits per heavy atom. The molecule has 6 fully saturated rings. The molecule has 6 saturated carbocycles. The number of carboxylic acid groups (broad SMARTS) is 1. The lowest BCUT2D eigenvalue weighted by atomic mass is 9.32. The molecule has 37 heavy (non-hydrogen) atoms. The zero-order chi connectivity index (χ0) is 26.8. The van der Waals surface area contributed by atoms with Crippen LogP contribution in [-0.4, -0.2) is 23.1 Å². The first-order valence-electron chi connectivity index (χ1n) is 15.6. The highest BCUT2D eigenvalue weighted by molar-refractivity contribution is 5.71. The van der Waals surface area contributed by atoms with Gasteiger partial charge in [0.05, 0.1) is 5.92 Å². The van der Waals surface area contributed by atoms with Crippen molar-refractivity contribution in [2.24, 2.45) is 68.5 Å². The molecular weight excluding hydrogens is 460 g/mol. The molecule has 0 bridgehead atoms. The van der Waals surface area contributed by atoms with Crippen LogP contribution in [0.25, 0.3) is 0 Å². The SMILES string of the molecule is CC(=O)O[C@H]1CC[C@]2(C)[C@H]3CC[C@@H]4[C@@H]5C(CC[C@H]5C5(C)CC5)[C@@H](C(=O)O)C[C@@]4(C)[C@]3(C)CC[C@H]2C1(C)C. The fourth-order valence-corrected chi connectivity index (χ4v) is 12.7. The first-order chi connectivity index (χ1) is 17.2. The number of hydrogen-bond donors (Lipinski definition) is 1. The van der Waals surface area contributed by atoms with Crippen LogP contribution in [0.1, 0.15) is 119 Å². The number of rotatable bonds is 3. The van der Waals surface area contributed by atoms with E-state index < -0.39 is 5.97 Å². The quantitative estimate of drug-likeness (QED) is 0.393. The largest absolute Gasteiger partial charge is 0.481 e. The average Bonchev–Trinajstić information content (AvgIpc) is 3.38. The molecule has 6 aliphatic carbocycles. The van der Waals surface area contributed by atoms with Crippen molar-refractivity contribution in [2.45, 2.75) is 125 Å². The maximum absolute atomic E-state index is 12.8. The van der Waals surface area contributed by atoms with Gasteiger partial charge in [-0.05, 0) is 128 Å². The fraction of sp³-hybridized carbons (Fsp3) is 0.939. The van der Waals surface area contributed by atoms with Crippen LogP contribution in [0.5, 0.6) is 0 Å². The Balaban J connectivity index is 1.38. The average molecular weight is 513 g/mol. The number of ether oxygens (including phenoxy) is 1. The Hall–Kier alpha value is -1.06. The van der Waals surface area contributed by atoms with Crippen LogP contribution in [0.4, 0.5) is 0 Å². The molecule has 0 aromatic heterocycles. The normalized spacial score (nSPS) is 53.2. The minimum absolute atomic E-state index is 0.00437. The summed E-state index contributed by atoms with van der Waals surface area (Å²) in [4.78, 5) is 24.7. The lowest BCUT2D eigenvalue weighted by molar-refractivity contribution is -0.251. The van der Waals surface area contributed by atoms with Crippen LogP contribution in [0, 0.1) is 68.5 Å². The number of esters is 1. The molecule has 6 aliphatic rings. The zero-order valence-corrected chi connectivity index (χ0v) is 24.6. The predicted molar refractivity (Wildman–Crippen MR) is 145 cm³/mol. The molecule has 6 rings (SSSR count). The first kappa shape index (κ1) is 26.2. The summed E-state index contributed by atoms with van der Waals surface area (Å²) in [7, 11) is 0. The highest BCUT2D eigenvalue weighted by atomic mass is 16.5. The van der Waals surface area contributed by atoms with Crippen molar-refractivity contribution in [3.05, 3.63) is 0 Å². The lowest BCUT2D eigenvalue weighted by Gasteiger charge is -2.72. The van der Waals surface area contributed by atoms with Crippen LogP contribution < -0.4 is 0 Å². The Morgan fingerprint density at radius 2 is 1.43 bits per heavy atom. The molecule has 1 unspecified atom stereocenters. The van der Waals surface area contributed by atoms with Crippen molar-refractivity contribution in [1.29, 1.82) is 0 Å². The molecule has 0 aliphatic heterocycles. The molecule has 4 nitrogen and oxygen atoms in total. The molecule has 0 aromatic rings. The van der Waals surface area contributed by atoms with E-state index in [1.165, 1.54) is 44.9 Å². The standard InChI is InChI=1S/C33H52O4/c1-19(34)37-26-13-14-31(5)24(29(26,2)3)12-15-32(6)25(31)11-10-23-27-20(8-9-22(27)30(4)16-17-30)21(28(35)36)18-33(23,32)7/h20-27H,8-18H2,1-7H3,(H,35,36)/t20?,21-,22+,23+,24-,25+,26-,27+,31-,32+,33+/m0/s1. The Morgan fingerprint density at radius 3 is 2.05 bits per heavy atom. The van der Waals surface area contributed by atoms with Gasteiger partial charge in [0.25, 0.3) is 0 Å². The summed E-state index contributed by atoms with van der Waals surface area (Å²) in [5.41, 5.74) is 0.909. The van der Waals surface area contributed by atoms with Crippen LogP contribution in [0.15, 0.2) is 0 Å². The van der Waals surface area contributed by atoms with Gasteiger partial charge in [0.2, 0.25) is 0 Å². The van der Waals surface area contributed by atoms with Gasteiger partial charge in [0, 0.05) is 12.3 Å². The van der Waals surface area contributed by atoms with Crippen molar-refractivity contribution >= 4 is 11.9 Å². The van der Waals surface area contributed by atoms with Gasteiger partial charge >= 0.3 is 11.9 Å². The van der Waals surface area contributed by atoms with E-state index in [1.807, 2.05) is 0 Å². The van der Waals surface area contributed by atoms with Gasteiger partial charge in [-0.3, -0.25) is 9.59 Å². The third kappa shape index (κ3) is 3.38. The summed E-state index contributed by atoms with van der Waals surface area (Å²) in [6, 6.07) is 0. The van der Waals surface area contributed by atoms with E-state index in [1.54, 1.807) is 6.92 Å². The summed E-state index contributed by atoms with van der Waals surface area (Å²) in [5.74, 6) is 2.70. The number of hydrogen-bond acceptors (Lipinski definition) is 3. The molecule has 0 radical (unpaired) electrons. The highest BCUT2D eigenvalue weighted by Gasteiger charge is 2.71. The van der Waals surface area contributed by atoms with E-state index in [4.69, 9.17) is 4.74 Å². The van der Waals surface area contributed by atoms with Crippen molar-refractivity contribution in [3.63, 3.8) is 0 Å². The highest BCUT2D eigenvalue weighted by Crippen LogP contribution is 2.78. The molecule has 0 heterocycles. The van der Waals surface area contributed by atoms with Gasteiger partial charge in [-0.1, -0.05) is 41.5 Å². The minimum atomic E-state index is -0.523. The second-order valence-electron chi connectivity index (χ2n) is 16.4. The van der Waals surface area contributed by atoms with Gasteiger partial charge in [-0.2, -0.15) is 0 Å². The molecule has 0 spiro atoms. The van der Waals surface area contributed by atoms with E-state index in [0.29, 0.717) is 35.0 Å². The van der Waals surface area contributed by atoms with Gasteiger partial charge in [0.1, 0.15) is 6.10 Å². The first-order valence-corrected chi connectivity index (χ1v) is 15.6. The smallest absolute Gasteiger partial charge is 0.306 e. The zero-order valence-electron chi connectivity index (χ0n) is 24.6. The minimum Gasteiger partial charge on any atom is -0.481 e. The van der Waals surface area contributed by atoms with E-state index in [0.717, 1.165) is 31.6 Å². The fourth-order valence-electron chi connectivity index (χ4n) is 12.7. The van der Waals surface area contributed by atoms with Gasteiger partial charge < -0.3 is 9.84 Å². The summed E-state index contributed by atoms with van der Waals surface area (Å²) < 4.78 is 5.90. The monoisotopic (exact) mass is 512 g/mol. The van der Waals surface area contributed by atoms with E-state index >= 15 is 0 Å². The number of carbonyl (C=O) groups excluding carboxylic acids is 1. The van der Waals surface area contributed by atoms with E-state index in [-0.39, 0.29) is 39.7 Å². The second kappa shape index (κ2) is 8.00. The summed E-state index contributed by atoms with van der Waals surface area (Å²) >= 11 is 0. The van der Waals surface area contributed by atoms with E-state index in [9.17, 15) is 14.7 Å². The Bertz CT molecular complexity index is 981. The molecule has 4 heteroatoms. The molecule has 208 valence electrons. The maximum Gasteiger partial charge on any atom is 0.306 e. The number of fused-ring (bicyclic) bond motifs is 7. The van der Waals surface area contributed by atoms with Gasteiger partial charge in [0.15, 0.2) is 0 Å². The Labute approximate surface area is 225 Å². The number of carboxylic acids is 1. The van der Waals surface area contributed by atoms with Crippen LogP contribution in [-0.2, 0) is 14.3 Å². The molecule has 0 saturated heterocycles. The molecular formula is C33H52O4. The maximum atomic E-state index is 12.8. The molecule has 1 N–H and O–H groups in total. The third-order valence-electron chi connectivity index (χ3n) is 14.8. The summed E-state index contributed by atoms with van der Waals surface area (Å²) in [5, 5.41) is 10.5. The van der Waals surface area contributed by atoms with Crippen molar-refractivity contribution < 1.29 is 19.4 Å². The van der Waals surface area contributed by atoms with E-state index in [2.05, 4.69) is 41.5 Å². The van der Waals surface area contributed by atoms with Crippen LogP contribution in [0.2, 0.25) is 0 Å². The summed E-state index contributed by atoms with van der Waals surface area (Å²) in [6.45, 7) is 16.5. The lowest BCUT2D eigenvalue weighted by Crippen LogP contribution is -2.67. The van der Waals surface area contributed by atoms with Gasteiger partial charge in [-0.15, -0.1) is 0 Å². The van der Waals surface area contributed by atoms with Crippen molar-refractivity contribution in [2.75, 3.05) is 0 Å². The topological polar surface area (TPSA) is 63.6 Å². The molecule has 0 amide bonds. The molecule has 0 aromatic carbocycles. The summed E-state index contributed by atoms with van der Waals surface area (Å²) in [6.07, 6.45) is 13.0. The van der Waals surface area contributed by atoms with Crippen LogP contribution >= 0.6 is 0 Å². The van der Waals surface area contributed by atoms with Crippen molar-refractivity contribution in [1.82, 2.24) is 0 Å². The number of aliphatic carboxylic acids is 1. The predicted octanol–water partition coefficient (Wildman–Crippen LogP) is 7.74. The third-order valence-corrected chi connectivity index (χ3v) is 14.8. The molecule has 11 atom stereocenters. The Kier molecular flexibility index (Phi) is 5.66. The second-order valence-corrected chi connectivity index (χ2v) is 16.4. The van der Waals surface area contributed by atoms with Gasteiger partial charge in [-0.25, -0.2) is 0 Å².